The summed E-state index contributed by atoms with van der Waals surface area (Å²) in [5.74, 6) is 0.246. The van der Waals surface area contributed by atoms with Crippen LogP contribution in [-0.2, 0) is 11.2 Å². The van der Waals surface area contributed by atoms with E-state index in [1.807, 2.05) is 0 Å². The Kier molecular flexibility index (Phi) is 5.95. The number of likely N-dealkylation sites (tertiary alicyclic amines) is 2. The summed E-state index contributed by atoms with van der Waals surface area (Å²) in [6.45, 7) is 7.47. The van der Waals surface area contributed by atoms with Gasteiger partial charge in [-0.3, -0.25) is 9.69 Å². The van der Waals surface area contributed by atoms with Crippen molar-refractivity contribution >= 4 is 17.2 Å². The quantitative estimate of drug-likeness (QED) is 0.857. The van der Waals surface area contributed by atoms with Gasteiger partial charge in [-0.1, -0.05) is 13.0 Å². The average molecular weight is 350 g/mol. The van der Waals surface area contributed by atoms with E-state index in [0.29, 0.717) is 5.41 Å². The van der Waals surface area contributed by atoms with Gasteiger partial charge in [0.2, 0.25) is 5.91 Å². The third-order valence-electron chi connectivity index (χ3n) is 5.72. The normalized spacial score (nSPS) is 24.5. The number of nitrogens with zero attached hydrogens (tertiary/aromatic N) is 2. The first-order chi connectivity index (χ1) is 11.6. The van der Waals surface area contributed by atoms with Crippen LogP contribution in [0.3, 0.4) is 0 Å². The molecule has 1 aromatic rings. The SMILES string of the molecule is CCCN1CC2(CCN(C)CC2)C[C@@H]1C(=O)NCCc1cccs1. The number of carbonyl (C=O) groups is 1. The second-order valence-corrected chi connectivity index (χ2v) is 8.65. The van der Waals surface area contributed by atoms with Crippen LogP contribution in [0.4, 0.5) is 0 Å². The predicted octanol–water partition coefficient (Wildman–Crippen LogP) is 2.60. The Balaban J connectivity index is 1.56. The van der Waals surface area contributed by atoms with Crippen LogP contribution >= 0.6 is 11.3 Å². The number of thiophene rings is 1. The lowest BCUT2D eigenvalue weighted by Crippen LogP contribution is -2.44. The fourth-order valence-corrected chi connectivity index (χ4v) is 4.97. The van der Waals surface area contributed by atoms with E-state index < -0.39 is 0 Å². The Morgan fingerprint density at radius 3 is 2.88 bits per heavy atom. The predicted molar refractivity (Wildman–Crippen MR) is 100 cm³/mol. The molecule has 3 rings (SSSR count). The minimum absolute atomic E-state index is 0.0803. The molecule has 1 spiro atoms. The van der Waals surface area contributed by atoms with E-state index in [9.17, 15) is 4.79 Å². The molecule has 0 aromatic carbocycles. The lowest BCUT2D eigenvalue weighted by Gasteiger charge is -2.37. The molecule has 5 heteroatoms. The summed E-state index contributed by atoms with van der Waals surface area (Å²) in [4.78, 5) is 19.0. The maximum atomic E-state index is 12.8. The Morgan fingerprint density at radius 2 is 2.21 bits per heavy atom. The summed E-state index contributed by atoms with van der Waals surface area (Å²) >= 11 is 1.77. The van der Waals surface area contributed by atoms with E-state index in [1.165, 1.54) is 30.8 Å². The fourth-order valence-electron chi connectivity index (χ4n) is 4.26. The highest BCUT2D eigenvalue weighted by Gasteiger charge is 2.47. The molecule has 2 aliphatic heterocycles. The lowest BCUT2D eigenvalue weighted by atomic mass is 9.76. The summed E-state index contributed by atoms with van der Waals surface area (Å²) < 4.78 is 0. The van der Waals surface area contributed by atoms with Crippen molar-refractivity contribution in [2.45, 2.75) is 45.1 Å². The van der Waals surface area contributed by atoms with Crippen molar-refractivity contribution in [3.63, 3.8) is 0 Å². The van der Waals surface area contributed by atoms with Crippen LogP contribution in [-0.4, -0.2) is 61.5 Å². The zero-order chi connectivity index (χ0) is 17.0. The van der Waals surface area contributed by atoms with Crippen LogP contribution < -0.4 is 5.32 Å². The van der Waals surface area contributed by atoms with Crippen molar-refractivity contribution in [1.29, 1.82) is 0 Å². The van der Waals surface area contributed by atoms with Gasteiger partial charge in [0.15, 0.2) is 0 Å². The summed E-state index contributed by atoms with van der Waals surface area (Å²) in [6, 6.07) is 4.30. The molecule has 3 heterocycles. The molecular formula is C19H31N3OS. The third-order valence-corrected chi connectivity index (χ3v) is 6.65. The van der Waals surface area contributed by atoms with Crippen LogP contribution in [0.25, 0.3) is 0 Å². The van der Waals surface area contributed by atoms with Gasteiger partial charge in [-0.25, -0.2) is 0 Å². The van der Waals surface area contributed by atoms with Crippen molar-refractivity contribution in [2.24, 2.45) is 5.41 Å². The highest BCUT2D eigenvalue weighted by molar-refractivity contribution is 7.09. The lowest BCUT2D eigenvalue weighted by molar-refractivity contribution is -0.125. The smallest absolute Gasteiger partial charge is 0.237 e. The second-order valence-electron chi connectivity index (χ2n) is 7.61. The molecule has 1 aromatic heterocycles. The zero-order valence-corrected chi connectivity index (χ0v) is 15.9. The number of hydrogen-bond acceptors (Lipinski definition) is 4. The molecular weight excluding hydrogens is 318 g/mol. The Morgan fingerprint density at radius 1 is 1.42 bits per heavy atom. The molecule has 0 saturated carbocycles. The number of rotatable bonds is 6. The van der Waals surface area contributed by atoms with Crippen LogP contribution in [0.1, 0.15) is 37.5 Å². The third kappa shape index (κ3) is 4.19. The maximum absolute atomic E-state index is 12.8. The van der Waals surface area contributed by atoms with Gasteiger partial charge < -0.3 is 10.2 Å². The van der Waals surface area contributed by atoms with E-state index in [1.54, 1.807) is 11.3 Å². The average Bonchev–Trinajstić information content (AvgIpc) is 3.20. The molecule has 2 aliphatic rings. The molecule has 1 atom stereocenters. The fraction of sp³-hybridized carbons (Fsp3) is 0.737. The topological polar surface area (TPSA) is 35.6 Å². The summed E-state index contributed by atoms with van der Waals surface area (Å²) in [7, 11) is 2.21. The summed E-state index contributed by atoms with van der Waals surface area (Å²) in [6.07, 6.45) is 5.59. The number of piperidine rings is 1. The van der Waals surface area contributed by atoms with Gasteiger partial charge in [0.1, 0.15) is 0 Å². The maximum Gasteiger partial charge on any atom is 0.237 e. The monoisotopic (exact) mass is 349 g/mol. The van der Waals surface area contributed by atoms with Crippen LogP contribution in [0.5, 0.6) is 0 Å². The number of carbonyl (C=O) groups excluding carboxylic acids is 1. The molecule has 1 N–H and O–H groups in total. The van der Waals surface area contributed by atoms with Gasteiger partial charge >= 0.3 is 0 Å². The molecule has 0 radical (unpaired) electrons. The molecule has 1 amide bonds. The first-order valence-corrected chi connectivity index (χ1v) is 10.2. The van der Waals surface area contributed by atoms with Crippen molar-refractivity contribution in [3.05, 3.63) is 22.4 Å². The number of nitrogens with one attached hydrogen (secondary N) is 1. The van der Waals surface area contributed by atoms with E-state index in [0.717, 1.165) is 38.9 Å². The van der Waals surface area contributed by atoms with E-state index in [-0.39, 0.29) is 11.9 Å². The van der Waals surface area contributed by atoms with Gasteiger partial charge in [-0.15, -0.1) is 11.3 Å². The van der Waals surface area contributed by atoms with Gasteiger partial charge in [0.25, 0.3) is 0 Å². The molecule has 134 valence electrons. The minimum Gasteiger partial charge on any atom is -0.354 e. The second kappa shape index (κ2) is 7.98. The summed E-state index contributed by atoms with van der Waals surface area (Å²) in [5, 5.41) is 5.30. The van der Waals surface area contributed by atoms with Crippen molar-refractivity contribution in [1.82, 2.24) is 15.1 Å². The van der Waals surface area contributed by atoms with Gasteiger partial charge in [-0.2, -0.15) is 0 Å². The Bertz CT molecular complexity index is 523. The highest BCUT2D eigenvalue weighted by Crippen LogP contribution is 2.43. The number of hydrogen-bond donors (Lipinski definition) is 1. The zero-order valence-electron chi connectivity index (χ0n) is 15.1. The standard InChI is InChI=1S/C19H31N3OS/c1-3-10-22-15-19(7-11-21(2)12-8-19)14-17(22)18(23)20-9-6-16-5-4-13-24-16/h4-5,13,17H,3,6-12,14-15H2,1-2H3,(H,20,23)/t17-/m1/s1. The van der Waals surface area contributed by atoms with Crippen LogP contribution in [0.15, 0.2) is 17.5 Å². The first-order valence-electron chi connectivity index (χ1n) is 9.34. The number of amides is 1. The molecule has 0 bridgehead atoms. The Labute approximate surface area is 150 Å². The first kappa shape index (κ1) is 17.9. The molecule has 0 aliphatic carbocycles. The summed E-state index contributed by atoms with van der Waals surface area (Å²) in [5.41, 5.74) is 0.372. The van der Waals surface area contributed by atoms with Crippen molar-refractivity contribution < 1.29 is 4.79 Å². The van der Waals surface area contributed by atoms with Crippen LogP contribution in [0, 0.1) is 5.41 Å². The highest BCUT2D eigenvalue weighted by atomic mass is 32.1. The van der Waals surface area contributed by atoms with E-state index in [2.05, 4.69) is 46.6 Å². The van der Waals surface area contributed by atoms with Crippen molar-refractivity contribution in [3.8, 4) is 0 Å². The van der Waals surface area contributed by atoms with E-state index >= 15 is 0 Å². The van der Waals surface area contributed by atoms with E-state index in [4.69, 9.17) is 0 Å². The van der Waals surface area contributed by atoms with Gasteiger partial charge in [0.05, 0.1) is 6.04 Å². The van der Waals surface area contributed by atoms with Crippen molar-refractivity contribution in [2.75, 3.05) is 39.8 Å². The largest absolute Gasteiger partial charge is 0.354 e. The van der Waals surface area contributed by atoms with Crippen LogP contribution in [0.2, 0.25) is 0 Å². The minimum atomic E-state index is 0.0803. The molecule has 4 nitrogen and oxygen atoms in total. The van der Waals surface area contributed by atoms with Gasteiger partial charge in [0, 0.05) is 18.0 Å². The Hall–Kier alpha value is -0.910. The molecule has 24 heavy (non-hydrogen) atoms. The molecule has 0 unspecified atom stereocenters. The molecule has 2 saturated heterocycles. The van der Waals surface area contributed by atoms with Gasteiger partial charge in [-0.05, 0) is 75.6 Å². The molecule has 2 fully saturated rings.